The molecule has 12 heteroatoms. The number of halogens is 7. The largest absolute Gasteiger partial charge is 0.486 e. The molecule has 5 nitrogen and oxygen atoms in total. The van der Waals surface area contributed by atoms with E-state index in [9.17, 15) is 18.0 Å². The van der Waals surface area contributed by atoms with Crippen molar-refractivity contribution in [1.82, 2.24) is 9.66 Å². The molecule has 41 heavy (non-hydrogen) atoms. The fourth-order valence-corrected chi connectivity index (χ4v) is 5.87. The molecule has 0 bridgehead atoms. The van der Waals surface area contributed by atoms with E-state index in [4.69, 9.17) is 27.9 Å². The van der Waals surface area contributed by atoms with Crippen LogP contribution >= 0.6 is 55.1 Å². The van der Waals surface area contributed by atoms with Gasteiger partial charge in [-0.3, -0.25) is 4.79 Å². The van der Waals surface area contributed by atoms with Crippen molar-refractivity contribution in [3.63, 3.8) is 0 Å². The number of aromatic nitrogens is 2. The van der Waals surface area contributed by atoms with Crippen LogP contribution in [0.25, 0.3) is 22.3 Å². The first-order chi connectivity index (χ1) is 19.5. The summed E-state index contributed by atoms with van der Waals surface area (Å²) in [5.74, 6) is 0.469. The number of hydrogen-bond donors (Lipinski definition) is 0. The van der Waals surface area contributed by atoms with Gasteiger partial charge in [-0.15, -0.1) is 0 Å². The lowest BCUT2D eigenvalue weighted by Crippen LogP contribution is -2.20. The Hall–Kier alpha value is -3.18. The van der Waals surface area contributed by atoms with E-state index in [1.807, 2.05) is 0 Å². The third-order valence-corrected chi connectivity index (χ3v) is 7.70. The molecule has 0 fully saturated rings. The molecule has 208 valence electrons. The zero-order chi connectivity index (χ0) is 29.3. The van der Waals surface area contributed by atoms with Crippen molar-refractivity contribution in [3.8, 4) is 17.1 Å². The summed E-state index contributed by atoms with van der Waals surface area (Å²) in [4.78, 5) is 17.9. The zero-order valence-electron chi connectivity index (χ0n) is 20.6. The fraction of sp³-hybridized carbons (Fsp3) is 0.0690. The summed E-state index contributed by atoms with van der Waals surface area (Å²) in [7, 11) is 0. The third-order valence-electron chi connectivity index (χ3n) is 5.93. The van der Waals surface area contributed by atoms with Crippen LogP contribution in [0.2, 0.25) is 10.0 Å². The number of hydrogen-bond acceptors (Lipinski definition) is 4. The molecule has 0 aliphatic heterocycles. The molecule has 0 aliphatic carbocycles. The first-order valence-corrected chi connectivity index (χ1v) is 14.1. The van der Waals surface area contributed by atoms with Crippen molar-refractivity contribution in [1.29, 1.82) is 0 Å². The second-order valence-electron chi connectivity index (χ2n) is 8.73. The van der Waals surface area contributed by atoms with Crippen LogP contribution in [0.1, 0.15) is 16.7 Å². The van der Waals surface area contributed by atoms with Crippen molar-refractivity contribution in [2.75, 3.05) is 0 Å². The molecule has 1 aromatic heterocycles. The van der Waals surface area contributed by atoms with Crippen molar-refractivity contribution in [2.45, 2.75) is 12.8 Å². The SMILES string of the molecule is O=c1c2ccccc2nc(-c2cccc(C(F)(F)F)c2)n1N=Cc1cc(Br)c(OCc2ccc(Cl)cc2Cl)c(Br)c1. The lowest BCUT2D eigenvalue weighted by Gasteiger charge is -2.13. The first-order valence-electron chi connectivity index (χ1n) is 11.8. The van der Waals surface area contributed by atoms with Crippen LogP contribution in [0.15, 0.2) is 97.7 Å². The molecule has 0 N–H and O–H groups in total. The predicted octanol–water partition coefficient (Wildman–Crippen LogP) is 9.38. The van der Waals surface area contributed by atoms with Crippen LogP contribution < -0.4 is 10.3 Å². The van der Waals surface area contributed by atoms with E-state index >= 15 is 0 Å². The minimum absolute atomic E-state index is 0.0334. The molecule has 0 unspecified atom stereocenters. The normalized spacial score (nSPS) is 11.9. The lowest BCUT2D eigenvalue weighted by atomic mass is 10.1. The maximum absolute atomic E-state index is 13.4. The number of nitrogens with zero attached hydrogens (tertiary/aromatic N) is 3. The van der Waals surface area contributed by atoms with Gasteiger partial charge < -0.3 is 4.74 Å². The van der Waals surface area contributed by atoms with E-state index in [-0.39, 0.29) is 23.4 Å². The van der Waals surface area contributed by atoms with Gasteiger partial charge in [0.05, 0.1) is 31.6 Å². The van der Waals surface area contributed by atoms with Crippen LogP contribution in [0, 0.1) is 0 Å². The summed E-state index contributed by atoms with van der Waals surface area (Å²) < 4.78 is 48.4. The lowest BCUT2D eigenvalue weighted by molar-refractivity contribution is -0.137. The van der Waals surface area contributed by atoms with Gasteiger partial charge in [-0.05, 0) is 86.0 Å². The summed E-state index contributed by atoms with van der Waals surface area (Å²) in [6.07, 6.45) is -3.16. The number of benzene rings is 4. The maximum Gasteiger partial charge on any atom is 0.416 e. The smallest absolute Gasteiger partial charge is 0.416 e. The van der Waals surface area contributed by atoms with Gasteiger partial charge in [0.2, 0.25) is 0 Å². The molecular weight excluding hydrogens is 710 g/mol. The maximum atomic E-state index is 13.4. The van der Waals surface area contributed by atoms with Gasteiger partial charge in [0.25, 0.3) is 5.56 Å². The van der Waals surface area contributed by atoms with E-state index in [0.717, 1.165) is 22.4 Å². The van der Waals surface area contributed by atoms with Crippen LogP contribution in [-0.4, -0.2) is 15.9 Å². The molecule has 1 heterocycles. The molecule has 0 amide bonds. The molecular formula is C29H16Br2Cl2F3N3O2. The fourth-order valence-electron chi connectivity index (χ4n) is 3.96. The van der Waals surface area contributed by atoms with Gasteiger partial charge in [0, 0.05) is 21.2 Å². The van der Waals surface area contributed by atoms with Crippen LogP contribution in [-0.2, 0) is 12.8 Å². The van der Waals surface area contributed by atoms with Crippen molar-refractivity contribution in [2.24, 2.45) is 5.10 Å². The average molecular weight is 726 g/mol. The molecule has 0 radical (unpaired) electrons. The Kier molecular flexibility index (Phi) is 8.56. The minimum atomic E-state index is -4.57. The highest BCUT2D eigenvalue weighted by atomic mass is 79.9. The second kappa shape index (κ2) is 12.0. The molecule has 0 spiro atoms. The Morgan fingerprint density at radius 2 is 1.68 bits per heavy atom. The molecule has 5 rings (SSSR count). The van der Waals surface area contributed by atoms with E-state index in [2.05, 4.69) is 41.9 Å². The standard InChI is InChI=1S/C29H16Br2Cl2F3N3O2/c30-22-10-16(11-23(31)26(22)41-15-18-8-9-20(32)13-24(18)33)14-37-39-27(17-4-3-5-19(12-17)29(34,35)36)38-25-7-2-1-6-21(25)28(39)40/h1-14H,15H2. The van der Waals surface area contributed by atoms with Gasteiger partial charge >= 0.3 is 6.18 Å². The number of alkyl halides is 3. The minimum Gasteiger partial charge on any atom is -0.486 e. The number of ether oxygens (including phenoxy) is 1. The predicted molar refractivity (Wildman–Crippen MR) is 162 cm³/mol. The highest BCUT2D eigenvalue weighted by molar-refractivity contribution is 9.11. The van der Waals surface area contributed by atoms with E-state index in [0.29, 0.717) is 35.8 Å². The van der Waals surface area contributed by atoms with Gasteiger partial charge in [0.1, 0.15) is 12.4 Å². The van der Waals surface area contributed by atoms with E-state index in [1.165, 1.54) is 18.3 Å². The first kappa shape index (κ1) is 29.3. The molecule has 0 saturated carbocycles. The number of rotatable bonds is 6. The highest BCUT2D eigenvalue weighted by Crippen LogP contribution is 2.36. The third kappa shape index (κ3) is 6.51. The molecule has 5 aromatic rings. The quantitative estimate of drug-likeness (QED) is 0.164. The summed E-state index contributed by atoms with van der Waals surface area (Å²) in [6, 6.07) is 19.7. The second-order valence-corrected chi connectivity index (χ2v) is 11.3. The van der Waals surface area contributed by atoms with Crippen molar-refractivity contribution >= 4 is 72.2 Å². The highest BCUT2D eigenvalue weighted by Gasteiger charge is 2.31. The van der Waals surface area contributed by atoms with Crippen molar-refractivity contribution < 1.29 is 17.9 Å². The van der Waals surface area contributed by atoms with Crippen LogP contribution in [0.4, 0.5) is 13.2 Å². The molecule has 4 aromatic carbocycles. The summed E-state index contributed by atoms with van der Waals surface area (Å²) in [5, 5.41) is 5.60. The Morgan fingerprint density at radius 1 is 0.951 bits per heavy atom. The van der Waals surface area contributed by atoms with Crippen LogP contribution in [0.3, 0.4) is 0 Å². The molecule has 0 aliphatic rings. The van der Waals surface area contributed by atoms with Crippen molar-refractivity contribution in [3.05, 3.63) is 125 Å². The number of fused-ring (bicyclic) bond motifs is 1. The van der Waals surface area contributed by atoms with Gasteiger partial charge in [-0.1, -0.05) is 53.5 Å². The Bertz CT molecular complexity index is 1850. The van der Waals surface area contributed by atoms with Gasteiger partial charge in [0.15, 0.2) is 5.82 Å². The Morgan fingerprint density at radius 3 is 2.39 bits per heavy atom. The Balaban J connectivity index is 1.52. The van der Waals surface area contributed by atoms with E-state index < -0.39 is 17.3 Å². The summed E-state index contributed by atoms with van der Waals surface area (Å²) in [6.45, 7) is 0.180. The number of para-hydroxylation sites is 1. The van der Waals surface area contributed by atoms with Gasteiger partial charge in [-0.25, -0.2) is 4.98 Å². The average Bonchev–Trinajstić information content (AvgIpc) is 2.92. The van der Waals surface area contributed by atoms with Gasteiger partial charge in [-0.2, -0.15) is 22.9 Å². The topological polar surface area (TPSA) is 56.5 Å². The van der Waals surface area contributed by atoms with E-state index in [1.54, 1.807) is 54.6 Å². The molecule has 0 atom stereocenters. The molecule has 0 saturated heterocycles. The summed E-state index contributed by atoms with van der Waals surface area (Å²) >= 11 is 19.2. The summed E-state index contributed by atoms with van der Waals surface area (Å²) in [5.41, 5.74) is 0.339. The Labute approximate surface area is 258 Å². The van der Waals surface area contributed by atoms with Crippen LogP contribution in [0.5, 0.6) is 5.75 Å². The zero-order valence-corrected chi connectivity index (χ0v) is 25.3. The monoisotopic (exact) mass is 723 g/mol.